The number of hydrogen-bond donors (Lipinski definition) is 1. The van der Waals surface area contributed by atoms with Crippen LogP contribution in [-0.4, -0.2) is 20.9 Å². The lowest BCUT2D eigenvalue weighted by molar-refractivity contribution is 0.345. The highest BCUT2D eigenvalue weighted by Crippen LogP contribution is 2.31. The highest BCUT2D eigenvalue weighted by molar-refractivity contribution is 7.99. The van der Waals surface area contributed by atoms with E-state index in [1.54, 1.807) is 0 Å². The first-order valence-electron chi connectivity index (χ1n) is 6.25. The van der Waals surface area contributed by atoms with Crippen molar-refractivity contribution < 1.29 is 4.52 Å². The zero-order valence-electron chi connectivity index (χ0n) is 10.6. The van der Waals surface area contributed by atoms with Gasteiger partial charge in [-0.25, -0.2) is 0 Å². The Labute approximate surface area is 107 Å². The predicted molar refractivity (Wildman–Crippen MR) is 69.8 cm³/mol. The van der Waals surface area contributed by atoms with Gasteiger partial charge in [0.25, 0.3) is 0 Å². The molecular formula is C12H21N3OS. The van der Waals surface area contributed by atoms with E-state index in [9.17, 15) is 0 Å². The summed E-state index contributed by atoms with van der Waals surface area (Å²) >= 11 is 1.95. The fraction of sp³-hybridized carbons (Fsp3) is 0.833. The Morgan fingerprint density at radius 1 is 1.41 bits per heavy atom. The van der Waals surface area contributed by atoms with Gasteiger partial charge in [0.05, 0.1) is 5.75 Å². The number of nitrogens with two attached hydrogens (primary N) is 1. The van der Waals surface area contributed by atoms with Crippen molar-refractivity contribution >= 4 is 11.8 Å². The van der Waals surface area contributed by atoms with E-state index in [0.29, 0.717) is 12.3 Å². The molecule has 1 heterocycles. The summed E-state index contributed by atoms with van der Waals surface area (Å²) in [6.07, 6.45) is 6.05. The van der Waals surface area contributed by atoms with Crippen molar-refractivity contribution in [3.05, 3.63) is 11.7 Å². The van der Waals surface area contributed by atoms with Crippen LogP contribution in [0.5, 0.6) is 0 Å². The summed E-state index contributed by atoms with van der Waals surface area (Å²) in [5.41, 5.74) is 5.63. The average Bonchev–Trinajstić information content (AvgIpc) is 2.82. The molecule has 96 valence electrons. The van der Waals surface area contributed by atoms with Crippen LogP contribution in [0, 0.1) is 0 Å². The van der Waals surface area contributed by atoms with Gasteiger partial charge in [0.15, 0.2) is 5.82 Å². The maximum atomic E-state index is 5.92. The maximum absolute atomic E-state index is 5.92. The summed E-state index contributed by atoms with van der Waals surface area (Å²) < 4.78 is 5.20. The SMILES string of the molecule is CC(C)(N)Cc1nc(CSC2CCCC2)no1. The minimum Gasteiger partial charge on any atom is -0.339 e. The predicted octanol–water partition coefficient (Wildman–Crippen LogP) is 2.53. The summed E-state index contributed by atoms with van der Waals surface area (Å²) in [6.45, 7) is 3.92. The molecule has 2 rings (SSSR count). The molecule has 0 aliphatic heterocycles. The fourth-order valence-corrected chi connectivity index (χ4v) is 3.23. The van der Waals surface area contributed by atoms with E-state index in [4.69, 9.17) is 10.3 Å². The number of thioether (sulfide) groups is 1. The second kappa shape index (κ2) is 5.40. The van der Waals surface area contributed by atoms with Crippen LogP contribution < -0.4 is 5.73 Å². The second-order valence-corrected chi connectivity index (χ2v) is 6.78. The van der Waals surface area contributed by atoms with Crippen LogP contribution in [0.1, 0.15) is 51.2 Å². The van der Waals surface area contributed by atoms with Gasteiger partial charge in [0, 0.05) is 17.2 Å². The first-order chi connectivity index (χ1) is 8.03. The topological polar surface area (TPSA) is 64.9 Å². The first-order valence-corrected chi connectivity index (χ1v) is 7.30. The normalized spacial score (nSPS) is 17.8. The van der Waals surface area contributed by atoms with Crippen molar-refractivity contribution in [1.29, 1.82) is 0 Å². The number of hydrogen-bond acceptors (Lipinski definition) is 5. The Hall–Kier alpha value is -0.550. The van der Waals surface area contributed by atoms with E-state index in [2.05, 4.69) is 10.1 Å². The molecule has 0 spiro atoms. The Bertz CT molecular complexity index is 353. The Morgan fingerprint density at radius 3 is 2.76 bits per heavy atom. The summed E-state index contributed by atoms with van der Waals surface area (Å²) in [6, 6.07) is 0. The summed E-state index contributed by atoms with van der Waals surface area (Å²) in [7, 11) is 0. The molecule has 0 atom stereocenters. The molecule has 5 heteroatoms. The van der Waals surface area contributed by atoms with E-state index in [1.807, 2.05) is 25.6 Å². The van der Waals surface area contributed by atoms with Gasteiger partial charge < -0.3 is 10.3 Å². The van der Waals surface area contributed by atoms with Gasteiger partial charge in [0.2, 0.25) is 5.89 Å². The van der Waals surface area contributed by atoms with Crippen LogP contribution in [0.25, 0.3) is 0 Å². The highest BCUT2D eigenvalue weighted by Gasteiger charge is 2.19. The lowest BCUT2D eigenvalue weighted by Crippen LogP contribution is -2.34. The first kappa shape index (κ1) is 12.9. The van der Waals surface area contributed by atoms with Gasteiger partial charge in [-0.05, 0) is 26.7 Å². The zero-order chi connectivity index (χ0) is 12.3. The lowest BCUT2D eigenvalue weighted by atomic mass is 10.0. The quantitative estimate of drug-likeness (QED) is 0.875. The van der Waals surface area contributed by atoms with Gasteiger partial charge in [-0.15, -0.1) is 0 Å². The third-order valence-corrected chi connectivity index (χ3v) is 4.23. The lowest BCUT2D eigenvalue weighted by Gasteiger charge is -2.14. The summed E-state index contributed by atoms with van der Waals surface area (Å²) in [5.74, 6) is 2.32. The van der Waals surface area contributed by atoms with E-state index in [0.717, 1.165) is 16.8 Å². The van der Waals surface area contributed by atoms with Crippen LogP contribution in [0.15, 0.2) is 4.52 Å². The molecule has 2 N–H and O–H groups in total. The smallest absolute Gasteiger partial charge is 0.228 e. The van der Waals surface area contributed by atoms with E-state index in [-0.39, 0.29) is 5.54 Å². The molecule has 1 aromatic heterocycles. The monoisotopic (exact) mass is 255 g/mol. The van der Waals surface area contributed by atoms with Crippen molar-refractivity contribution in [2.45, 2.75) is 62.5 Å². The molecule has 0 unspecified atom stereocenters. The Morgan fingerprint density at radius 2 is 2.12 bits per heavy atom. The minimum absolute atomic E-state index is 0.289. The van der Waals surface area contributed by atoms with Gasteiger partial charge in [-0.2, -0.15) is 16.7 Å². The van der Waals surface area contributed by atoms with Crippen LogP contribution in [0.3, 0.4) is 0 Å². The van der Waals surface area contributed by atoms with Crippen LogP contribution in [0.4, 0.5) is 0 Å². The molecule has 0 amide bonds. The van der Waals surface area contributed by atoms with Crippen molar-refractivity contribution in [3.8, 4) is 0 Å². The Kier molecular flexibility index (Phi) is 4.09. The molecule has 1 aliphatic rings. The van der Waals surface area contributed by atoms with E-state index < -0.39 is 0 Å². The van der Waals surface area contributed by atoms with Crippen molar-refractivity contribution in [2.75, 3.05) is 0 Å². The minimum atomic E-state index is -0.289. The van der Waals surface area contributed by atoms with Crippen molar-refractivity contribution in [2.24, 2.45) is 5.73 Å². The third-order valence-electron chi connectivity index (χ3n) is 2.87. The molecule has 0 aromatic carbocycles. The molecule has 0 bridgehead atoms. The van der Waals surface area contributed by atoms with Gasteiger partial charge in [-0.3, -0.25) is 0 Å². The number of nitrogens with zero attached hydrogens (tertiary/aromatic N) is 2. The summed E-state index contributed by atoms with van der Waals surface area (Å²) in [5, 5.41) is 4.79. The van der Waals surface area contributed by atoms with Gasteiger partial charge in [0.1, 0.15) is 0 Å². The second-order valence-electron chi connectivity index (χ2n) is 5.49. The van der Waals surface area contributed by atoms with Gasteiger partial charge in [-0.1, -0.05) is 18.0 Å². The molecular weight excluding hydrogens is 234 g/mol. The maximum Gasteiger partial charge on any atom is 0.228 e. The molecule has 1 saturated carbocycles. The van der Waals surface area contributed by atoms with Gasteiger partial charge >= 0.3 is 0 Å². The number of aromatic nitrogens is 2. The molecule has 1 fully saturated rings. The molecule has 1 aromatic rings. The molecule has 4 nitrogen and oxygen atoms in total. The van der Waals surface area contributed by atoms with Crippen LogP contribution >= 0.6 is 11.8 Å². The average molecular weight is 255 g/mol. The van der Waals surface area contributed by atoms with E-state index >= 15 is 0 Å². The molecule has 0 saturated heterocycles. The molecule has 0 radical (unpaired) electrons. The highest BCUT2D eigenvalue weighted by atomic mass is 32.2. The summed E-state index contributed by atoms with van der Waals surface area (Å²) in [4.78, 5) is 4.38. The fourth-order valence-electron chi connectivity index (χ4n) is 2.06. The zero-order valence-corrected chi connectivity index (χ0v) is 11.4. The van der Waals surface area contributed by atoms with E-state index in [1.165, 1.54) is 25.7 Å². The van der Waals surface area contributed by atoms with Crippen LogP contribution in [0.2, 0.25) is 0 Å². The van der Waals surface area contributed by atoms with Crippen LogP contribution in [-0.2, 0) is 12.2 Å². The number of rotatable bonds is 5. The Balaban J connectivity index is 1.81. The molecule has 1 aliphatic carbocycles. The standard InChI is InChI=1S/C12H21N3OS/c1-12(2,13)7-11-14-10(15-16-11)8-17-9-5-3-4-6-9/h9H,3-8,13H2,1-2H3. The molecule has 17 heavy (non-hydrogen) atoms. The third kappa shape index (κ3) is 4.32. The van der Waals surface area contributed by atoms with Crippen molar-refractivity contribution in [3.63, 3.8) is 0 Å². The van der Waals surface area contributed by atoms with Crippen molar-refractivity contribution in [1.82, 2.24) is 10.1 Å². The largest absolute Gasteiger partial charge is 0.339 e.